The first-order valence-corrected chi connectivity index (χ1v) is 22.8. The summed E-state index contributed by atoms with van der Waals surface area (Å²) in [6.07, 6.45) is 0. The van der Waals surface area contributed by atoms with Gasteiger partial charge in [-0.15, -0.1) is 0 Å². The molecule has 3 heterocycles. The van der Waals surface area contributed by atoms with Gasteiger partial charge in [-0.3, -0.25) is 0 Å². The molecular formula is C62H39N3. The van der Waals surface area contributed by atoms with Gasteiger partial charge >= 0.3 is 0 Å². The van der Waals surface area contributed by atoms with Crippen LogP contribution in [0.5, 0.6) is 0 Å². The molecule has 65 heavy (non-hydrogen) atoms. The smallest absolute Gasteiger partial charge is 0.160 e. The number of nitrogens with zero attached hydrogens (tertiary/aromatic N) is 3. The summed E-state index contributed by atoms with van der Waals surface area (Å²) in [6, 6.07) is 71.9. The highest BCUT2D eigenvalue weighted by Gasteiger charge is 2.39. The Morgan fingerprint density at radius 1 is 0.446 bits per heavy atom. The molecule has 13 aromatic rings. The van der Waals surface area contributed by atoms with E-state index < -0.39 is 0 Å². The molecule has 0 N–H and O–H groups in total. The predicted molar refractivity (Wildman–Crippen MR) is 270 cm³/mol. The van der Waals surface area contributed by atoms with Crippen LogP contribution in [0.2, 0.25) is 0 Å². The lowest BCUT2D eigenvalue weighted by Crippen LogP contribution is -2.16. The number of hydrogen-bond acceptors (Lipinski definition) is 2. The highest BCUT2D eigenvalue weighted by atomic mass is 14.9. The van der Waals surface area contributed by atoms with Crippen LogP contribution in [-0.4, -0.2) is 14.4 Å². The lowest BCUT2D eigenvalue weighted by Gasteiger charge is -2.24. The van der Waals surface area contributed by atoms with E-state index in [1.54, 1.807) is 0 Å². The zero-order valence-corrected chi connectivity index (χ0v) is 35.9. The molecule has 3 nitrogen and oxygen atoms in total. The first-order valence-electron chi connectivity index (χ1n) is 22.8. The maximum absolute atomic E-state index is 5.51. The SMILES string of the molecule is CC1(C)c2ccccc2-c2cccc(-c3nc(-c4ccc(C5c6c(ccc7ccccc67)-c6c5c5ccccc5c5c6c6cccc7c8ccccc8n5c76)cc4)nc4ccccc34)c21. The van der Waals surface area contributed by atoms with Gasteiger partial charge in [-0.2, -0.15) is 0 Å². The van der Waals surface area contributed by atoms with Gasteiger partial charge in [0.1, 0.15) is 0 Å². The van der Waals surface area contributed by atoms with E-state index in [1.807, 2.05) is 0 Å². The van der Waals surface area contributed by atoms with E-state index in [4.69, 9.17) is 9.97 Å². The van der Waals surface area contributed by atoms with E-state index in [2.05, 4.69) is 212 Å². The Hall–Kier alpha value is -8.14. The standard InChI is InChI=1S/C62H39N3/c1-62(2)49-26-10-7-17-39(49)42-22-13-25-48(57(42)62)58-45-21-8-11-27-50(45)63-61(64-58)37-31-29-36(30-32-37)52-53-38-16-4-3-15-35(38)33-34-46(53)55-54(52)41-19-5-6-20-44(41)60-56(55)47-24-14-23-43-40-18-9-12-28-51(40)65(60)59(43)47/h3-34,52H,1-2H3. The summed E-state index contributed by atoms with van der Waals surface area (Å²) in [4.78, 5) is 10.8. The van der Waals surface area contributed by atoms with Crippen molar-refractivity contribution in [1.29, 1.82) is 0 Å². The van der Waals surface area contributed by atoms with Crippen LogP contribution in [0.15, 0.2) is 194 Å². The summed E-state index contributed by atoms with van der Waals surface area (Å²) in [5, 5.41) is 11.5. The summed E-state index contributed by atoms with van der Waals surface area (Å²) in [6.45, 7) is 4.70. The van der Waals surface area contributed by atoms with Gasteiger partial charge in [-0.1, -0.05) is 196 Å². The Kier molecular flexibility index (Phi) is 6.81. The number of hydrogen-bond donors (Lipinski definition) is 0. The number of benzene rings is 10. The van der Waals surface area contributed by atoms with Crippen molar-refractivity contribution in [2.75, 3.05) is 0 Å². The zero-order chi connectivity index (χ0) is 42.7. The maximum Gasteiger partial charge on any atom is 0.160 e. The van der Waals surface area contributed by atoms with E-state index in [9.17, 15) is 0 Å². The number of para-hydroxylation sites is 3. The van der Waals surface area contributed by atoms with E-state index in [1.165, 1.54) is 115 Å². The highest BCUT2D eigenvalue weighted by Crippen LogP contribution is 2.58. The second-order valence-corrected chi connectivity index (χ2v) is 18.7. The van der Waals surface area contributed by atoms with Crippen molar-refractivity contribution >= 4 is 70.5 Å². The number of fused-ring (bicyclic) bond motifs is 19. The van der Waals surface area contributed by atoms with Crippen LogP contribution < -0.4 is 0 Å². The minimum atomic E-state index is -0.178. The molecule has 1 unspecified atom stereocenters. The molecule has 0 spiro atoms. The quantitative estimate of drug-likeness (QED) is 0.178. The van der Waals surface area contributed by atoms with Crippen LogP contribution in [0, 0.1) is 0 Å². The van der Waals surface area contributed by atoms with Crippen LogP contribution in [0.4, 0.5) is 0 Å². The van der Waals surface area contributed by atoms with Gasteiger partial charge in [-0.05, 0) is 78.4 Å². The van der Waals surface area contributed by atoms with E-state index in [-0.39, 0.29) is 11.3 Å². The molecule has 3 aromatic heterocycles. The lowest BCUT2D eigenvalue weighted by atomic mass is 9.79. The minimum Gasteiger partial charge on any atom is -0.307 e. The van der Waals surface area contributed by atoms with Crippen molar-refractivity contribution in [2.24, 2.45) is 0 Å². The van der Waals surface area contributed by atoms with Crippen LogP contribution >= 0.6 is 0 Å². The Bertz CT molecular complexity index is 4210. The molecule has 3 heteroatoms. The topological polar surface area (TPSA) is 30.2 Å². The molecule has 0 saturated carbocycles. The van der Waals surface area contributed by atoms with Crippen molar-refractivity contribution in [3.8, 4) is 44.9 Å². The molecule has 0 amide bonds. The molecule has 0 fully saturated rings. The fourth-order valence-electron chi connectivity index (χ4n) is 12.6. The molecule has 0 saturated heterocycles. The fourth-order valence-corrected chi connectivity index (χ4v) is 12.6. The summed E-state index contributed by atoms with van der Waals surface area (Å²) >= 11 is 0. The predicted octanol–water partition coefficient (Wildman–Crippen LogP) is 15.9. The first kappa shape index (κ1) is 35.3. The van der Waals surface area contributed by atoms with Crippen LogP contribution in [0.3, 0.4) is 0 Å². The third-order valence-electron chi connectivity index (χ3n) is 15.2. The third-order valence-corrected chi connectivity index (χ3v) is 15.2. The second kappa shape index (κ2) is 12.5. The summed E-state index contributed by atoms with van der Waals surface area (Å²) < 4.78 is 2.56. The molecule has 0 aliphatic heterocycles. The van der Waals surface area contributed by atoms with Crippen molar-refractivity contribution in [3.05, 3.63) is 222 Å². The van der Waals surface area contributed by atoms with Gasteiger partial charge < -0.3 is 4.40 Å². The Morgan fingerprint density at radius 2 is 1.09 bits per heavy atom. The molecule has 302 valence electrons. The van der Waals surface area contributed by atoms with Crippen molar-refractivity contribution in [3.63, 3.8) is 0 Å². The summed E-state index contributed by atoms with van der Waals surface area (Å²) in [7, 11) is 0. The average Bonchev–Trinajstić information content (AvgIpc) is 4.07. The van der Waals surface area contributed by atoms with E-state index in [0.29, 0.717) is 0 Å². The highest BCUT2D eigenvalue weighted by molar-refractivity contribution is 6.32. The Labute approximate surface area is 375 Å². The molecule has 1 atom stereocenters. The van der Waals surface area contributed by atoms with Gasteiger partial charge in [0.15, 0.2) is 5.82 Å². The Morgan fingerprint density at radius 3 is 1.97 bits per heavy atom. The van der Waals surface area contributed by atoms with Crippen LogP contribution in [-0.2, 0) is 5.41 Å². The van der Waals surface area contributed by atoms with E-state index in [0.717, 1.165) is 28.0 Å². The minimum absolute atomic E-state index is 0.00936. The molecule has 10 aromatic carbocycles. The van der Waals surface area contributed by atoms with Gasteiger partial charge in [0.25, 0.3) is 0 Å². The average molecular weight is 826 g/mol. The number of aromatic nitrogens is 3. The van der Waals surface area contributed by atoms with Crippen molar-refractivity contribution in [2.45, 2.75) is 25.2 Å². The lowest BCUT2D eigenvalue weighted by molar-refractivity contribution is 0.662. The largest absolute Gasteiger partial charge is 0.307 e. The Balaban J connectivity index is 0.965. The molecule has 2 aliphatic carbocycles. The van der Waals surface area contributed by atoms with Gasteiger partial charge in [0.05, 0.1) is 27.8 Å². The summed E-state index contributed by atoms with van der Waals surface area (Å²) in [5.41, 5.74) is 19.8. The zero-order valence-electron chi connectivity index (χ0n) is 35.9. The fraction of sp³-hybridized carbons (Fsp3) is 0.0645. The maximum atomic E-state index is 5.51. The van der Waals surface area contributed by atoms with Gasteiger partial charge in [0.2, 0.25) is 0 Å². The summed E-state index contributed by atoms with van der Waals surface area (Å²) in [5.74, 6) is 0.745. The molecule has 15 rings (SSSR count). The number of rotatable bonds is 3. The van der Waals surface area contributed by atoms with E-state index >= 15 is 0 Å². The van der Waals surface area contributed by atoms with Crippen LogP contribution in [0.1, 0.15) is 47.6 Å². The molecule has 0 radical (unpaired) electrons. The van der Waals surface area contributed by atoms with Crippen molar-refractivity contribution < 1.29 is 0 Å². The van der Waals surface area contributed by atoms with Gasteiger partial charge in [0, 0.05) is 54.8 Å². The molecule has 2 aliphatic rings. The molecular weight excluding hydrogens is 787 g/mol. The molecule has 0 bridgehead atoms. The van der Waals surface area contributed by atoms with Crippen molar-refractivity contribution in [1.82, 2.24) is 14.4 Å². The van der Waals surface area contributed by atoms with Gasteiger partial charge in [-0.25, -0.2) is 9.97 Å². The normalized spacial score (nSPS) is 14.9. The second-order valence-electron chi connectivity index (χ2n) is 18.7. The third kappa shape index (κ3) is 4.50. The monoisotopic (exact) mass is 825 g/mol. The van der Waals surface area contributed by atoms with Crippen LogP contribution in [0.25, 0.3) is 115 Å². The first-order chi connectivity index (χ1) is 32.0.